The number of carbonyl (C=O) groups is 1. The molecule has 0 aliphatic heterocycles. The van der Waals surface area contributed by atoms with Gasteiger partial charge in [-0.25, -0.2) is 0 Å². The number of likely N-dealkylation sites (N-methyl/N-ethyl adjacent to an activating group) is 1. The Morgan fingerprint density at radius 1 is 1.11 bits per heavy atom. The summed E-state index contributed by atoms with van der Waals surface area (Å²) in [6.07, 6.45) is 7.78. The molecule has 0 N–H and O–H groups in total. The average molecular weight is 269 g/mol. The van der Waals surface area contributed by atoms with Crippen molar-refractivity contribution in [3.8, 4) is 0 Å². The van der Waals surface area contributed by atoms with Crippen LogP contribution < -0.4 is 0 Å². The number of carbonyl (C=O) groups excluding carboxylic acids is 1. The van der Waals surface area contributed by atoms with Gasteiger partial charge in [-0.05, 0) is 32.4 Å². The first-order valence-corrected chi connectivity index (χ1v) is 8.08. The van der Waals surface area contributed by atoms with Crippen molar-refractivity contribution >= 4 is 5.97 Å². The molecule has 1 saturated carbocycles. The molecule has 0 amide bonds. The Balaban J connectivity index is 2.44. The van der Waals surface area contributed by atoms with E-state index in [4.69, 9.17) is 4.74 Å². The second-order valence-corrected chi connectivity index (χ2v) is 5.75. The summed E-state index contributed by atoms with van der Waals surface area (Å²) in [6.45, 7) is 9.91. The first-order chi connectivity index (χ1) is 9.18. The molecule has 0 radical (unpaired) electrons. The van der Waals surface area contributed by atoms with E-state index in [9.17, 15) is 4.79 Å². The molecule has 1 fully saturated rings. The van der Waals surface area contributed by atoms with E-state index in [0.717, 1.165) is 45.3 Å². The smallest absolute Gasteiger partial charge is 0.312 e. The lowest BCUT2D eigenvalue weighted by atomic mass is 9.71. The van der Waals surface area contributed by atoms with Crippen LogP contribution in [0.5, 0.6) is 0 Å². The molecule has 0 aromatic rings. The van der Waals surface area contributed by atoms with Crippen molar-refractivity contribution in [2.24, 2.45) is 5.41 Å². The van der Waals surface area contributed by atoms with Gasteiger partial charge in [0.2, 0.25) is 0 Å². The SMILES string of the molecule is CCCC1(C(=O)OCCN(CC)CC)CCCCC1. The standard InChI is InChI=1S/C16H31NO2/c1-4-10-16(11-8-7-9-12-16)15(18)19-14-13-17(5-2)6-3/h4-14H2,1-3H3. The van der Waals surface area contributed by atoms with Crippen LogP contribution in [0, 0.1) is 5.41 Å². The molecule has 0 atom stereocenters. The molecule has 0 spiro atoms. The predicted octanol–water partition coefficient (Wildman–Crippen LogP) is 3.62. The van der Waals surface area contributed by atoms with Gasteiger partial charge in [0.15, 0.2) is 0 Å². The minimum Gasteiger partial charge on any atom is -0.464 e. The summed E-state index contributed by atoms with van der Waals surface area (Å²) in [5.41, 5.74) is -0.156. The fraction of sp³-hybridized carbons (Fsp3) is 0.938. The van der Waals surface area contributed by atoms with E-state index in [1.165, 1.54) is 19.3 Å². The largest absolute Gasteiger partial charge is 0.464 e. The zero-order chi connectivity index (χ0) is 14.1. The highest BCUT2D eigenvalue weighted by molar-refractivity contribution is 5.77. The van der Waals surface area contributed by atoms with Gasteiger partial charge in [0, 0.05) is 6.54 Å². The third-order valence-corrected chi connectivity index (χ3v) is 4.51. The van der Waals surface area contributed by atoms with Crippen LogP contribution in [0.15, 0.2) is 0 Å². The maximum atomic E-state index is 12.4. The molecule has 1 aliphatic rings. The molecule has 3 nitrogen and oxygen atoms in total. The van der Waals surface area contributed by atoms with Gasteiger partial charge in [-0.3, -0.25) is 4.79 Å². The number of nitrogens with zero attached hydrogens (tertiary/aromatic N) is 1. The molecular formula is C16H31NO2. The van der Waals surface area contributed by atoms with Crippen LogP contribution >= 0.6 is 0 Å². The molecule has 0 unspecified atom stereocenters. The van der Waals surface area contributed by atoms with E-state index in [2.05, 4.69) is 25.7 Å². The van der Waals surface area contributed by atoms with E-state index in [-0.39, 0.29) is 11.4 Å². The van der Waals surface area contributed by atoms with Gasteiger partial charge in [0.05, 0.1) is 5.41 Å². The highest BCUT2D eigenvalue weighted by Gasteiger charge is 2.39. The van der Waals surface area contributed by atoms with E-state index in [1.54, 1.807) is 0 Å². The van der Waals surface area contributed by atoms with Crippen molar-refractivity contribution in [1.82, 2.24) is 4.90 Å². The minimum absolute atomic E-state index is 0.0706. The second kappa shape index (κ2) is 8.57. The van der Waals surface area contributed by atoms with E-state index < -0.39 is 0 Å². The Morgan fingerprint density at radius 3 is 2.26 bits per heavy atom. The van der Waals surface area contributed by atoms with Crippen molar-refractivity contribution in [2.75, 3.05) is 26.2 Å². The molecule has 1 rings (SSSR count). The molecule has 19 heavy (non-hydrogen) atoms. The molecule has 0 aromatic carbocycles. The molecule has 0 saturated heterocycles. The van der Waals surface area contributed by atoms with Crippen molar-refractivity contribution < 1.29 is 9.53 Å². The van der Waals surface area contributed by atoms with Crippen LogP contribution in [0.2, 0.25) is 0 Å². The Labute approximate surface area is 118 Å². The Morgan fingerprint density at radius 2 is 1.74 bits per heavy atom. The zero-order valence-electron chi connectivity index (χ0n) is 13.0. The number of esters is 1. The van der Waals surface area contributed by atoms with Gasteiger partial charge >= 0.3 is 5.97 Å². The van der Waals surface area contributed by atoms with E-state index in [0.29, 0.717) is 6.61 Å². The quantitative estimate of drug-likeness (QED) is 0.630. The van der Waals surface area contributed by atoms with Gasteiger partial charge in [0.1, 0.15) is 6.61 Å². The highest BCUT2D eigenvalue weighted by atomic mass is 16.5. The summed E-state index contributed by atoms with van der Waals surface area (Å²) in [7, 11) is 0. The monoisotopic (exact) mass is 269 g/mol. The van der Waals surface area contributed by atoms with E-state index >= 15 is 0 Å². The number of ether oxygens (including phenoxy) is 1. The lowest BCUT2D eigenvalue weighted by Gasteiger charge is -2.35. The van der Waals surface area contributed by atoms with Gasteiger partial charge in [-0.1, -0.05) is 46.5 Å². The van der Waals surface area contributed by atoms with Gasteiger partial charge < -0.3 is 9.64 Å². The van der Waals surface area contributed by atoms with Crippen LogP contribution in [0.3, 0.4) is 0 Å². The Kier molecular flexibility index (Phi) is 7.44. The highest BCUT2D eigenvalue weighted by Crippen LogP contribution is 2.41. The van der Waals surface area contributed by atoms with Gasteiger partial charge in [-0.2, -0.15) is 0 Å². The second-order valence-electron chi connectivity index (χ2n) is 5.75. The topological polar surface area (TPSA) is 29.5 Å². The first-order valence-electron chi connectivity index (χ1n) is 8.08. The molecule has 0 heterocycles. The van der Waals surface area contributed by atoms with Crippen LogP contribution in [-0.4, -0.2) is 37.1 Å². The molecule has 112 valence electrons. The normalized spacial score (nSPS) is 18.5. The Bertz CT molecular complexity index is 250. The summed E-state index contributed by atoms with van der Waals surface area (Å²) in [5, 5.41) is 0. The number of rotatable bonds is 8. The van der Waals surface area contributed by atoms with E-state index in [1.807, 2.05) is 0 Å². The summed E-state index contributed by atoms with van der Waals surface area (Å²) >= 11 is 0. The van der Waals surface area contributed by atoms with Crippen LogP contribution in [0.25, 0.3) is 0 Å². The lowest BCUT2D eigenvalue weighted by Crippen LogP contribution is -2.37. The maximum Gasteiger partial charge on any atom is 0.312 e. The van der Waals surface area contributed by atoms with Gasteiger partial charge in [-0.15, -0.1) is 0 Å². The predicted molar refractivity (Wildman–Crippen MR) is 79.2 cm³/mol. The minimum atomic E-state index is -0.156. The molecule has 1 aliphatic carbocycles. The fourth-order valence-corrected chi connectivity index (χ4v) is 3.22. The lowest BCUT2D eigenvalue weighted by molar-refractivity contribution is -0.159. The molecule has 0 bridgehead atoms. The molecule has 0 aromatic heterocycles. The number of hydrogen-bond donors (Lipinski definition) is 0. The van der Waals surface area contributed by atoms with Crippen LogP contribution in [-0.2, 0) is 9.53 Å². The van der Waals surface area contributed by atoms with Crippen molar-refractivity contribution in [3.05, 3.63) is 0 Å². The zero-order valence-corrected chi connectivity index (χ0v) is 13.0. The third kappa shape index (κ3) is 4.79. The van der Waals surface area contributed by atoms with Crippen molar-refractivity contribution in [2.45, 2.75) is 65.7 Å². The summed E-state index contributed by atoms with van der Waals surface area (Å²) in [4.78, 5) is 14.7. The first kappa shape index (κ1) is 16.5. The van der Waals surface area contributed by atoms with Crippen LogP contribution in [0.4, 0.5) is 0 Å². The fourth-order valence-electron chi connectivity index (χ4n) is 3.22. The Hall–Kier alpha value is -0.570. The summed E-state index contributed by atoms with van der Waals surface area (Å²) in [5.74, 6) is 0.0706. The van der Waals surface area contributed by atoms with Gasteiger partial charge in [0.25, 0.3) is 0 Å². The maximum absolute atomic E-state index is 12.4. The summed E-state index contributed by atoms with van der Waals surface area (Å²) < 4.78 is 5.59. The number of hydrogen-bond acceptors (Lipinski definition) is 3. The van der Waals surface area contributed by atoms with Crippen LogP contribution in [0.1, 0.15) is 65.7 Å². The molecular weight excluding hydrogens is 238 g/mol. The van der Waals surface area contributed by atoms with Crippen molar-refractivity contribution in [3.63, 3.8) is 0 Å². The third-order valence-electron chi connectivity index (χ3n) is 4.51. The van der Waals surface area contributed by atoms with Crippen molar-refractivity contribution in [1.29, 1.82) is 0 Å². The summed E-state index contributed by atoms with van der Waals surface area (Å²) in [6, 6.07) is 0. The molecule has 3 heteroatoms. The average Bonchev–Trinajstić information content (AvgIpc) is 2.44.